The van der Waals surface area contributed by atoms with Crippen molar-refractivity contribution in [1.29, 1.82) is 0 Å². The Morgan fingerprint density at radius 1 is 1.40 bits per heavy atom. The third-order valence-corrected chi connectivity index (χ3v) is 4.57. The molecule has 0 aliphatic carbocycles. The Morgan fingerprint density at radius 2 is 2.25 bits per heavy atom. The van der Waals surface area contributed by atoms with E-state index in [1.165, 1.54) is 5.41 Å². The van der Waals surface area contributed by atoms with E-state index in [0.29, 0.717) is 18.0 Å². The lowest BCUT2D eigenvalue weighted by atomic mass is 10.1. The molecule has 1 atom stereocenters. The molecule has 0 bridgehead atoms. The molecule has 2 aliphatic rings. The van der Waals surface area contributed by atoms with Crippen molar-refractivity contribution in [2.45, 2.75) is 12.6 Å². The molecule has 2 N–H and O–H groups in total. The SMILES string of the molecule is O=C1COc2ccc(CNC3C=CS(=O)(=O)C3)cc2N1. The summed E-state index contributed by atoms with van der Waals surface area (Å²) in [5.74, 6) is 0.571. The van der Waals surface area contributed by atoms with Crippen LogP contribution < -0.4 is 15.4 Å². The van der Waals surface area contributed by atoms with Crippen molar-refractivity contribution in [3.05, 3.63) is 35.2 Å². The summed E-state index contributed by atoms with van der Waals surface area (Å²) < 4.78 is 27.9. The highest BCUT2D eigenvalue weighted by molar-refractivity contribution is 7.94. The zero-order valence-electron chi connectivity index (χ0n) is 10.6. The van der Waals surface area contributed by atoms with Crippen molar-refractivity contribution >= 4 is 21.4 Å². The molecule has 1 aromatic rings. The molecule has 6 nitrogen and oxygen atoms in total. The van der Waals surface area contributed by atoms with E-state index in [1.54, 1.807) is 12.1 Å². The van der Waals surface area contributed by atoms with Gasteiger partial charge < -0.3 is 15.4 Å². The minimum atomic E-state index is -3.04. The lowest BCUT2D eigenvalue weighted by molar-refractivity contribution is -0.118. The quantitative estimate of drug-likeness (QED) is 0.844. The zero-order valence-corrected chi connectivity index (χ0v) is 11.4. The third kappa shape index (κ3) is 2.83. The third-order valence-electron chi connectivity index (χ3n) is 3.18. The number of carbonyl (C=O) groups is 1. The summed E-state index contributed by atoms with van der Waals surface area (Å²) in [5, 5.41) is 7.13. The number of carbonyl (C=O) groups excluding carboxylic acids is 1. The maximum Gasteiger partial charge on any atom is 0.262 e. The van der Waals surface area contributed by atoms with Gasteiger partial charge >= 0.3 is 0 Å². The highest BCUT2D eigenvalue weighted by Gasteiger charge is 2.21. The molecule has 1 aromatic carbocycles. The summed E-state index contributed by atoms with van der Waals surface area (Å²) in [4.78, 5) is 11.2. The Kier molecular flexibility index (Phi) is 3.23. The number of fused-ring (bicyclic) bond motifs is 1. The highest BCUT2D eigenvalue weighted by Crippen LogP contribution is 2.28. The number of hydrogen-bond acceptors (Lipinski definition) is 5. The molecule has 2 aliphatic heterocycles. The summed E-state index contributed by atoms with van der Waals surface area (Å²) in [6.07, 6.45) is 1.65. The normalized spacial score (nSPS) is 23.0. The molecule has 0 saturated carbocycles. The predicted octanol–water partition coefficient (Wildman–Crippen LogP) is 0.418. The van der Waals surface area contributed by atoms with Crippen LogP contribution >= 0.6 is 0 Å². The van der Waals surface area contributed by atoms with Gasteiger partial charge in [0.1, 0.15) is 5.75 Å². The van der Waals surface area contributed by atoms with Gasteiger partial charge in [-0.3, -0.25) is 4.79 Å². The van der Waals surface area contributed by atoms with Crippen molar-refractivity contribution in [3.8, 4) is 5.75 Å². The average molecular weight is 294 g/mol. The minimum absolute atomic E-state index is 0.0370. The summed E-state index contributed by atoms with van der Waals surface area (Å²) in [6, 6.07) is 5.35. The monoisotopic (exact) mass is 294 g/mol. The molecule has 0 aromatic heterocycles. The molecule has 0 radical (unpaired) electrons. The molecule has 0 spiro atoms. The lowest BCUT2D eigenvalue weighted by Crippen LogP contribution is -2.29. The molecular formula is C13H14N2O4S. The van der Waals surface area contributed by atoms with Gasteiger partial charge in [-0.05, 0) is 17.7 Å². The van der Waals surface area contributed by atoms with Crippen LogP contribution in [0.1, 0.15) is 5.56 Å². The molecule has 0 saturated heterocycles. The molecular weight excluding hydrogens is 280 g/mol. The van der Waals surface area contributed by atoms with E-state index in [9.17, 15) is 13.2 Å². The first-order valence-corrected chi connectivity index (χ1v) is 7.93. The predicted molar refractivity (Wildman–Crippen MR) is 74.1 cm³/mol. The smallest absolute Gasteiger partial charge is 0.262 e. The first kappa shape index (κ1) is 13.1. The summed E-state index contributed by atoms with van der Waals surface area (Å²) in [6.45, 7) is 0.559. The van der Waals surface area contributed by atoms with E-state index in [4.69, 9.17) is 4.74 Å². The molecule has 106 valence electrons. The Morgan fingerprint density at radius 3 is 3.00 bits per heavy atom. The van der Waals surface area contributed by atoms with Crippen molar-refractivity contribution in [1.82, 2.24) is 5.32 Å². The van der Waals surface area contributed by atoms with Crippen LogP contribution in [0, 0.1) is 0 Å². The number of sulfone groups is 1. The highest BCUT2D eigenvalue weighted by atomic mass is 32.2. The van der Waals surface area contributed by atoms with Gasteiger partial charge in [-0.1, -0.05) is 12.1 Å². The molecule has 2 heterocycles. The second-order valence-electron chi connectivity index (χ2n) is 4.81. The van der Waals surface area contributed by atoms with Crippen LogP contribution in [0.25, 0.3) is 0 Å². The van der Waals surface area contributed by atoms with Crippen molar-refractivity contribution in [3.63, 3.8) is 0 Å². The van der Waals surface area contributed by atoms with Gasteiger partial charge in [-0.25, -0.2) is 8.42 Å². The van der Waals surface area contributed by atoms with Gasteiger partial charge in [0, 0.05) is 18.0 Å². The minimum Gasteiger partial charge on any atom is -0.482 e. The number of rotatable bonds is 3. The topological polar surface area (TPSA) is 84.5 Å². The van der Waals surface area contributed by atoms with Gasteiger partial charge in [0.2, 0.25) is 0 Å². The Hall–Kier alpha value is -1.86. The first-order chi connectivity index (χ1) is 9.52. The van der Waals surface area contributed by atoms with E-state index in [0.717, 1.165) is 5.56 Å². The van der Waals surface area contributed by atoms with E-state index >= 15 is 0 Å². The largest absolute Gasteiger partial charge is 0.482 e. The molecule has 1 amide bonds. The number of ether oxygens (including phenoxy) is 1. The van der Waals surface area contributed by atoms with E-state index in [2.05, 4.69) is 10.6 Å². The molecule has 3 rings (SSSR count). The van der Waals surface area contributed by atoms with Crippen molar-refractivity contribution < 1.29 is 17.9 Å². The van der Waals surface area contributed by atoms with Crippen LogP contribution in [0.15, 0.2) is 29.7 Å². The van der Waals surface area contributed by atoms with Crippen LogP contribution in [-0.4, -0.2) is 32.7 Å². The van der Waals surface area contributed by atoms with Gasteiger partial charge in [-0.15, -0.1) is 0 Å². The average Bonchev–Trinajstić information content (AvgIpc) is 2.75. The summed E-state index contributed by atoms with van der Waals surface area (Å²) in [5.41, 5.74) is 1.60. The Balaban J connectivity index is 1.66. The van der Waals surface area contributed by atoms with E-state index in [1.807, 2.05) is 12.1 Å². The van der Waals surface area contributed by atoms with E-state index in [-0.39, 0.29) is 24.3 Å². The number of benzene rings is 1. The van der Waals surface area contributed by atoms with Gasteiger partial charge in [-0.2, -0.15) is 0 Å². The van der Waals surface area contributed by atoms with Crippen LogP contribution in [-0.2, 0) is 21.2 Å². The molecule has 1 unspecified atom stereocenters. The maximum absolute atomic E-state index is 11.3. The number of hydrogen-bond donors (Lipinski definition) is 2. The van der Waals surface area contributed by atoms with Crippen LogP contribution in [0.2, 0.25) is 0 Å². The Bertz CT molecular complexity index is 682. The van der Waals surface area contributed by atoms with Gasteiger partial charge in [0.25, 0.3) is 5.91 Å². The molecule has 0 fully saturated rings. The maximum atomic E-state index is 11.3. The van der Waals surface area contributed by atoms with E-state index < -0.39 is 9.84 Å². The number of amides is 1. The van der Waals surface area contributed by atoms with Crippen molar-refractivity contribution in [2.24, 2.45) is 0 Å². The fraction of sp³-hybridized carbons (Fsp3) is 0.308. The zero-order chi connectivity index (χ0) is 14.2. The van der Waals surface area contributed by atoms with Crippen LogP contribution in [0.4, 0.5) is 5.69 Å². The van der Waals surface area contributed by atoms with Gasteiger partial charge in [0.15, 0.2) is 16.4 Å². The second-order valence-corrected chi connectivity index (χ2v) is 6.74. The van der Waals surface area contributed by atoms with Crippen LogP contribution in [0.5, 0.6) is 5.75 Å². The number of nitrogens with one attached hydrogen (secondary N) is 2. The van der Waals surface area contributed by atoms with Crippen LogP contribution in [0.3, 0.4) is 0 Å². The summed E-state index contributed by atoms with van der Waals surface area (Å²) in [7, 11) is -3.04. The fourth-order valence-electron chi connectivity index (χ4n) is 2.19. The first-order valence-electron chi connectivity index (χ1n) is 6.22. The second kappa shape index (κ2) is 4.92. The fourth-order valence-corrected chi connectivity index (χ4v) is 3.46. The Labute approximate surface area is 116 Å². The van der Waals surface area contributed by atoms with Crippen molar-refractivity contribution in [2.75, 3.05) is 17.7 Å². The standard InChI is InChI=1S/C13H14N2O4S/c16-13-7-19-12-2-1-9(5-11(12)15-13)6-14-10-3-4-20(17,18)8-10/h1-5,10,14H,6-8H2,(H,15,16). The molecule has 7 heteroatoms. The lowest BCUT2D eigenvalue weighted by Gasteiger charge is -2.19. The summed E-state index contributed by atoms with van der Waals surface area (Å²) >= 11 is 0. The van der Waals surface area contributed by atoms with Gasteiger partial charge in [0.05, 0.1) is 11.4 Å². The number of anilines is 1. The molecule has 20 heavy (non-hydrogen) atoms.